The Bertz CT molecular complexity index is 963. The van der Waals surface area contributed by atoms with Gasteiger partial charge in [0.05, 0.1) is 17.2 Å². The van der Waals surface area contributed by atoms with Gasteiger partial charge < -0.3 is 5.32 Å². The normalized spacial score (nSPS) is 24.5. The lowest BCUT2D eigenvalue weighted by molar-refractivity contribution is 0.414. The number of nitrogens with zero attached hydrogens (tertiary/aromatic N) is 1. The first kappa shape index (κ1) is 13.7. The third-order valence-corrected chi connectivity index (χ3v) is 5.35. The summed E-state index contributed by atoms with van der Waals surface area (Å²) in [4.78, 5) is 4.58. The Morgan fingerprint density at radius 3 is 2.83 bits per heavy atom. The van der Waals surface area contributed by atoms with Gasteiger partial charge in [0, 0.05) is 23.1 Å². The summed E-state index contributed by atoms with van der Waals surface area (Å²) in [7, 11) is 0. The zero-order chi connectivity index (χ0) is 16.1. The summed E-state index contributed by atoms with van der Waals surface area (Å²) in [5, 5.41) is 4.73. The van der Waals surface area contributed by atoms with E-state index in [0.29, 0.717) is 11.8 Å². The highest BCUT2D eigenvalue weighted by Crippen LogP contribution is 2.51. The van der Waals surface area contributed by atoms with Crippen molar-refractivity contribution < 1.29 is 4.39 Å². The molecule has 0 bridgehead atoms. The molecular formula is C21H17FN2. The largest absolute Gasteiger partial charge is 0.376 e. The minimum absolute atomic E-state index is 0.0358. The van der Waals surface area contributed by atoms with E-state index < -0.39 is 0 Å². The Morgan fingerprint density at radius 1 is 1.00 bits per heavy atom. The molecule has 0 spiro atoms. The van der Waals surface area contributed by atoms with Crippen LogP contribution in [-0.4, -0.2) is 4.98 Å². The fraction of sp³-hybridized carbons (Fsp3) is 0.190. The summed E-state index contributed by atoms with van der Waals surface area (Å²) in [6.07, 6.45) is 7.28. The minimum atomic E-state index is -0.141. The fourth-order valence-electron chi connectivity index (χ4n) is 4.24. The van der Waals surface area contributed by atoms with Crippen molar-refractivity contribution >= 4 is 16.6 Å². The van der Waals surface area contributed by atoms with Crippen LogP contribution in [0.2, 0.25) is 0 Å². The van der Waals surface area contributed by atoms with E-state index in [1.54, 1.807) is 12.1 Å². The number of allylic oxidation sites excluding steroid dienone is 2. The molecule has 24 heavy (non-hydrogen) atoms. The van der Waals surface area contributed by atoms with Gasteiger partial charge in [0.2, 0.25) is 0 Å². The van der Waals surface area contributed by atoms with Crippen molar-refractivity contribution in [3.8, 4) is 0 Å². The molecule has 1 aliphatic heterocycles. The summed E-state index contributed by atoms with van der Waals surface area (Å²) in [5.74, 6) is 0.519. The predicted molar refractivity (Wildman–Crippen MR) is 94.5 cm³/mol. The first-order chi connectivity index (χ1) is 11.8. The standard InChI is InChI=1S/C21H17FN2/c22-18-9-2-1-6-17(18)20-15-8-3-7-14(15)16-11-10-13-5-4-12-23-19(13)21(16)24-20/h1-7,9-12,14-15,20,24H,8H2/t14-,15+,20-/m1/s1. The quantitative estimate of drug-likeness (QED) is 0.624. The second-order valence-corrected chi connectivity index (χ2v) is 6.60. The van der Waals surface area contributed by atoms with Crippen LogP contribution in [-0.2, 0) is 0 Å². The van der Waals surface area contributed by atoms with Crippen molar-refractivity contribution in [3.63, 3.8) is 0 Å². The Hall–Kier alpha value is -2.68. The van der Waals surface area contributed by atoms with Crippen LogP contribution >= 0.6 is 0 Å². The van der Waals surface area contributed by atoms with Crippen molar-refractivity contribution in [2.24, 2.45) is 5.92 Å². The van der Waals surface area contributed by atoms with Crippen LogP contribution in [0.1, 0.15) is 29.5 Å². The molecular weight excluding hydrogens is 299 g/mol. The van der Waals surface area contributed by atoms with Crippen molar-refractivity contribution in [2.45, 2.75) is 18.4 Å². The van der Waals surface area contributed by atoms with E-state index in [-0.39, 0.29) is 11.9 Å². The molecule has 1 aromatic heterocycles. The molecule has 0 unspecified atom stereocenters. The van der Waals surface area contributed by atoms with Crippen LogP contribution in [0.25, 0.3) is 10.9 Å². The molecule has 0 saturated heterocycles. The van der Waals surface area contributed by atoms with Crippen molar-refractivity contribution in [2.75, 3.05) is 5.32 Å². The monoisotopic (exact) mass is 316 g/mol. The van der Waals surface area contributed by atoms with E-state index >= 15 is 0 Å². The first-order valence-corrected chi connectivity index (χ1v) is 8.38. The minimum Gasteiger partial charge on any atom is -0.376 e. The maximum absolute atomic E-state index is 14.4. The highest BCUT2D eigenvalue weighted by Gasteiger charge is 2.39. The summed E-state index contributed by atoms with van der Waals surface area (Å²) in [6.45, 7) is 0. The number of pyridine rings is 1. The molecule has 2 nitrogen and oxygen atoms in total. The number of rotatable bonds is 1. The molecule has 118 valence electrons. The first-order valence-electron chi connectivity index (χ1n) is 8.38. The zero-order valence-electron chi connectivity index (χ0n) is 13.1. The summed E-state index contributed by atoms with van der Waals surface area (Å²) in [5.41, 5.74) is 4.03. The topological polar surface area (TPSA) is 24.9 Å². The number of nitrogens with one attached hydrogen (secondary N) is 1. The lowest BCUT2D eigenvalue weighted by Crippen LogP contribution is -2.30. The number of hydrogen-bond donors (Lipinski definition) is 1. The molecule has 2 aromatic carbocycles. The SMILES string of the molecule is Fc1ccccc1[C@@H]1Nc2c(ccc3cccnc23)[C@@H]2C=CC[C@@H]21. The third kappa shape index (κ3) is 1.91. The molecule has 0 amide bonds. The van der Waals surface area contributed by atoms with Crippen molar-refractivity contribution in [1.29, 1.82) is 0 Å². The van der Waals surface area contributed by atoms with Gasteiger partial charge in [-0.1, -0.05) is 48.6 Å². The van der Waals surface area contributed by atoms with Gasteiger partial charge >= 0.3 is 0 Å². The Morgan fingerprint density at radius 2 is 1.92 bits per heavy atom. The Kier molecular flexibility index (Phi) is 2.96. The second-order valence-electron chi connectivity index (χ2n) is 6.60. The molecule has 2 heterocycles. The molecule has 5 rings (SSSR count). The third-order valence-electron chi connectivity index (χ3n) is 5.35. The van der Waals surface area contributed by atoms with E-state index in [2.05, 4.69) is 40.7 Å². The van der Waals surface area contributed by atoms with Gasteiger partial charge in [-0.25, -0.2) is 4.39 Å². The predicted octanol–water partition coefficient (Wildman–Crippen LogP) is 5.20. The van der Waals surface area contributed by atoms with Crippen LogP contribution in [0, 0.1) is 11.7 Å². The van der Waals surface area contributed by atoms with Crippen LogP contribution < -0.4 is 5.32 Å². The summed E-state index contributed by atoms with van der Waals surface area (Å²) < 4.78 is 14.4. The number of aromatic nitrogens is 1. The van der Waals surface area contributed by atoms with E-state index in [9.17, 15) is 4.39 Å². The zero-order valence-corrected chi connectivity index (χ0v) is 13.1. The Labute approximate surface area is 140 Å². The van der Waals surface area contributed by atoms with Gasteiger partial charge in [-0.3, -0.25) is 4.98 Å². The van der Waals surface area contributed by atoms with Gasteiger partial charge in [0.15, 0.2) is 0 Å². The maximum Gasteiger partial charge on any atom is 0.128 e. The average Bonchev–Trinajstić information content (AvgIpc) is 3.11. The summed E-state index contributed by atoms with van der Waals surface area (Å²) in [6, 6.07) is 15.4. The molecule has 0 radical (unpaired) electrons. The smallest absolute Gasteiger partial charge is 0.128 e. The Balaban J connectivity index is 1.72. The highest BCUT2D eigenvalue weighted by atomic mass is 19.1. The molecule has 1 N–H and O–H groups in total. The molecule has 3 heteroatoms. The number of benzene rings is 2. The molecule has 3 aromatic rings. The lowest BCUT2D eigenvalue weighted by atomic mass is 9.76. The highest BCUT2D eigenvalue weighted by molar-refractivity contribution is 5.93. The molecule has 3 atom stereocenters. The van der Waals surface area contributed by atoms with E-state index in [0.717, 1.165) is 28.6 Å². The van der Waals surface area contributed by atoms with Crippen LogP contribution in [0.4, 0.5) is 10.1 Å². The van der Waals surface area contributed by atoms with Crippen LogP contribution in [0.15, 0.2) is 66.9 Å². The second kappa shape index (κ2) is 5.17. The number of halogens is 1. The van der Waals surface area contributed by atoms with Gasteiger partial charge in [-0.2, -0.15) is 0 Å². The number of fused-ring (bicyclic) bond motifs is 5. The van der Waals surface area contributed by atoms with Crippen LogP contribution in [0.3, 0.4) is 0 Å². The number of anilines is 1. The molecule has 1 aliphatic carbocycles. The van der Waals surface area contributed by atoms with Gasteiger partial charge in [0.25, 0.3) is 0 Å². The van der Waals surface area contributed by atoms with E-state index in [1.807, 2.05) is 24.4 Å². The van der Waals surface area contributed by atoms with Gasteiger partial charge in [0.1, 0.15) is 5.82 Å². The molecule has 0 saturated carbocycles. The lowest BCUT2D eigenvalue weighted by Gasteiger charge is -2.38. The van der Waals surface area contributed by atoms with Crippen LogP contribution in [0.5, 0.6) is 0 Å². The van der Waals surface area contributed by atoms with Crippen molar-refractivity contribution in [1.82, 2.24) is 4.98 Å². The molecule has 2 aliphatic rings. The van der Waals surface area contributed by atoms with E-state index in [4.69, 9.17) is 0 Å². The average molecular weight is 316 g/mol. The fourth-order valence-corrected chi connectivity index (χ4v) is 4.24. The number of hydrogen-bond acceptors (Lipinski definition) is 2. The molecule has 0 fully saturated rings. The van der Waals surface area contributed by atoms with Crippen molar-refractivity contribution in [3.05, 3.63) is 83.8 Å². The summed E-state index contributed by atoms with van der Waals surface area (Å²) >= 11 is 0. The van der Waals surface area contributed by atoms with E-state index in [1.165, 1.54) is 5.56 Å². The van der Waals surface area contributed by atoms with Gasteiger partial charge in [-0.05, 0) is 30.0 Å². The van der Waals surface area contributed by atoms with Gasteiger partial charge in [-0.15, -0.1) is 0 Å². The maximum atomic E-state index is 14.4.